The third kappa shape index (κ3) is 1.98. The molecule has 15 heavy (non-hydrogen) atoms. The van der Waals surface area contributed by atoms with E-state index >= 15 is 0 Å². The molecule has 1 aliphatic heterocycles. The van der Waals surface area contributed by atoms with Crippen LogP contribution in [0.15, 0.2) is 14.6 Å². The number of rotatable bonds is 2. The molecule has 0 aliphatic carbocycles. The van der Waals surface area contributed by atoms with Crippen LogP contribution in [0.2, 0.25) is 0 Å². The van der Waals surface area contributed by atoms with Crippen LogP contribution in [0.25, 0.3) is 0 Å². The number of thioether (sulfide) groups is 1. The summed E-state index contributed by atoms with van der Waals surface area (Å²) in [5.74, 6) is 0. The topological polar surface area (TPSA) is 77.0 Å². The van der Waals surface area contributed by atoms with Gasteiger partial charge in [-0.2, -0.15) is 9.78 Å². The Labute approximate surface area is 89.6 Å². The second kappa shape index (κ2) is 4.19. The van der Waals surface area contributed by atoms with Crippen LogP contribution in [0.5, 0.6) is 0 Å². The molecule has 0 saturated carbocycles. The number of nitrogens with zero attached hydrogens (tertiary/aromatic N) is 2. The van der Waals surface area contributed by atoms with Crippen LogP contribution in [0, 0.1) is 0 Å². The number of hydrogen-bond donors (Lipinski definition) is 1. The van der Waals surface area contributed by atoms with Gasteiger partial charge in [0.2, 0.25) is 0 Å². The molecule has 0 amide bonds. The highest BCUT2D eigenvalue weighted by atomic mass is 32.2. The van der Waals surface area contributed by atoms with Crippen LogP contribution in [0.3, 0.4) is 0 Å². The van der Waals surface area contributed by atoms with Gasteiger partial charge in [0, 0.05) is 6.61 Å². The van der Waals surface area contributed by atoms with Crippen molar-refractivity contribution in [1.82, 2.24) is 14.8 Å². The molecule has 0 spiro atoms. The molecule has 2 heterocycles. The molecule has 1 N–H and O–H groups in total. The quantitative estimate of drug-likeness (QED) is 0.720. The summed E-state index contributed by atoms with van der Waals surface area (Å²) in [6.07, 6.45) is 3.07. The Kier molecular flexibility index (Phi) is 2.92. The summed E-state index contributed by atoms with van der Waals surface area (Å²) in [4.78, 5) is 24.9. The van der Waals surface area contributed by atoms with Gasteiger partial charge in [-0.05, 0) is 19.1 Å². The molecule has 2 rings (SSSR count). The van der Waals surface area contributed by atoms with Gasteiger partial charge < -0.3 is 4.74 Å². The predicted octanol–water partition coefficient (Wildman–Crippen LogP) is -0.0375. The third-order valence-corrected chi connectivity index (χ3v) is 2.85. The van der Waals surface area contributed by atoms with Crippen LogP contribution in [-0.4, -0.2) is 27.6 Å². The molecular formula is C8H11N3O3S. The Bertz CT molecular complexity index is 461. The molecule has 0 unspecified atom stereocenters. The maximum atomic E-state index is 11.5. The smallest absolute Gasteiger partial charge is 0.347 e. The zero-order chi connectivity index (χ0) is 10.8. The summed E-state index contributed by atoms with van der Waals surface area (Å²) in [5.41, 5.74) is -0.952. The van der Waals surface area contributed by atoms with Crippen LogP contribution < -0.4 is 11.2 Å². The number of ether oxygens (including phenoxy) is 1. The molecule has 82 valence electrons. The van der Waals surface area contributed by atoms with Crippen molar-refractivity contribution < 1.29 is 4.74 Å². The van der Waals surface area contributed by atoms with E-state index in [9.17, 15) is 9.59 Å². The lowest BCUT2D eigenvalue weighted by Crippen LogP contribution is -2.35. The normalized spacial score (nSPS) is 20.7. The van der Waals surface area contributed by atoms with Gasteiger partial charge in [0.05, 0.1) is 0 Å². The van der Waals surface area contributed by atoms with E-state index in [4.69, 9.17) is 4.74 Å². The highest BCUT2D eigenvalue weighted by molar-refractivity contribution is 7.98. The van der Waals surface area contributed by atoms with Crippen molar-refractivity contribution in [3.05, 3.63) is 20.8 Å². The van der Waals surface area contributed by atoms with Crippen molar-refractivity contribution in [2.75, 3.05) is 12.9 Å². The number of aromatic nitrogens is 3. The van der Waals surface area contributed by atoms with Gasteiger partial charge in [0.25, 0.3) is 5.56 Å². The highest BCUT2D eigenvalue weighted by Crippen LogP contribution is 2.20. The maximum absolute atomic E-state index is 11.5. The van der Waals surface area contributed by atoms with Gasteiger partial charge in [0.1, 0.15) is 0 Å². The molecule has 1 aliphatic rings. The first kappa shape index (κ1) is 10.4. The summed E-state index contributed by atoms with van der Waals surface area (Å²) in [7, 11) is 0. The number of aromatic amines is 1. The van der Waals surface area contributed by atoms with Crippen molar-refractivity contribution >= 4 is 11.8 Å². The standard InChI is InChI=1S/C8H11N3O3S/c1-15-7-6(12)9-8(13)11(10-7)5-3-2-4-14-5/h5H,2-4H2,1H3,(H,9,12,13)/t5-/m1/s1. The molecular weight excluding hydrogens is 218 g/mol. The fraction of sp³-hybridized carbons (Fsp3) is 0.625. The summed E-state index contributed by atoms with van der Waals surface area (Å²) >= 11 is 1.21. The van der Waals surface area contributed by atoms with Crippen LogP contribution >= 0.6 is 11.8 Å². The van der Waals surface area contributed by atoms with Crippen molar-refractivity contribution in [3.8, 4) is 0 Å². The Balaban J connectivity index is 2.46. The molecule has 0 radical (unpaired) electrons. The zero-order valence-electron chi connectivity index (χ0n) is 8.23. The molecule has 1 atom stereocenters. The van der Waals surface area contributed by atoms with Gasteiger partial charge in [-0.25, -0.2) is 4.79 Å². The Morgan fingerprint density at radius 1 is 1.60 bits per heavy atom. The van der Waals surface area contributed by atoms with Crippen molar-refractivity contribution in [1.29, 1.82) is 0 Å². The molecule has 0 bridgehead atoms. The number of H-pyrrole nitrogens is 1. The predicted molar refractivity (Wildman–Crippen MR) is 55.1 cm³/mol. The zero-order valence-corrected chi connectivity index (χ0v) is 9.04. The lowest BCUT2D eigenvalue weighted by molar-refractivity contribution is 0.0395. The summed E-state index contributed by atoms with van der Waals surface area (Å²) in [6.45, 7) is 0.631. The van der Waals surface area contributed by atoms with E-state index in [1.165, 1.54) is 16.4 Å². The minimum Gasteiger partial charge on any atom is -0.356 e. The molecule has 6 nitrogen and oxygen atoms in total. The molecule has 1 aromatic heterocycles. The average molecular weight is 229 g/mol. The van der Waals surface area contributed by atoms with E-state index < -0.39 is 11.2 Å². The molecule has 0 aromatic carbocycles. The first-order valence-corrected chi connectivity index (χ1v) is 5.83. The van der Waals surface area contributed by atoms with E-state index in [0.717, 1.165) is 12.8 Å². The largest absolute Gasteiger partial charge is 0.356 e. The van der Waals surface area contributed by atoms with Crippen LogP contribution in [0.1, 0.15) is 19.1 Å². The molecule has 1 aromatic rings. The Morgan fingerprint density at radius 3 is 3.00 bits per heavy atom. The van der Waals surface area contributed by atoms with Gasteiger partial charge in [-0.1, -0.05) is 0 Å². The van der Waals surface area contributed by atoms with E-state index in [2.05, 4.69) is 10.1 Å². The average Bonchev–Trinajstić information content (AvgIpc) is 2.71. The SMILES string of the molecule is CSc1nn([C@H]2CCCO2)c(=O)[nH]c1=O. The van der Waals surface area contributed by atoms with E-state index in [1.54, 1.807) is 6.26 Å². The first-order chi connectivity index (χ1) is 7.22. The summed E-state index contributed by atoms with van der Waals surface area (Å²) in [5, 5.41) is 4.25. The van der Waals surface area contributed by atoms with Crippen LogP contribution in [0.4, 0.5) is 0 Å². The van der Waals surface area contributed by atoms with Crippen molar-refractivity contribution in [2.24, 2.45) is 0 Å². The van der Waals surface area contributed by atoms with Crippen molar-refractivity contribution in [2.45, 2.75) is 24.1 Å². The minimum absolute atomic E-state index is 0.283. The summed E-state index contributed by atoms with van der Waals surface area (Å²) in [6, 6.07) is 0. The monoisotopic (exact) mass is 229 g/mol. The van der Waals surface area contributed by atoms with Crippen LogP contribution in [-0.2, 0) is 4.74 Å². The first-order valence-electron chi connectivity index (χ1n) is 4.61. The molecule has 1 saturated heterocycles. The van der Waals surface area contributed by atoms with Gasteiger partial charge in [-0.15, -0.1) is 11.8 Å². The van der Waals surface area contributed by atoms with E-state index in [1.807, 2.05) is 0 Å². The van der Waals surface area contributed by atoms with E-state index in [0.29, 0.717) is 6.61 Å². The minimum atomic E-state index is -0.510. The lowest BCUT2D eigenvalue weighted by Gasteiger charge is -2.11. The third-order valence-electron chi connectivity index (χ3n) is 2.19. The Hall–Kier alpha value is -1.08. The van der Waals surface area contributed by atoms with Gasteiger partial charge >= 0.3 is 5.69 Å². The Morgan fingerprint density at radius 2 is 2.40 bits per heavy atom. The fourth-order valence-electron chi connectivity index (χ4n) is 1.48. The van der Waals surface area contributed by atoms with E-state index in [-0.39, 0.29) is 11.3 Å². The highest BCUT2D eigenvalue weighted by Gasteiger charge is 2.20. The number of nitrogens with one attached hydrogen (secondary N) is 1. The lowest BCUT2D eigenvalue weighted by atomic mass is 10.3. The molecule has 7 heteroatoms. The summed E-state index contributed by atoms with van der Waals surface area (Å²) < 4.78 is 6.54. The van der Waals surface area contributed by atoms with Crippen molar-refractivity contribution in [3.63, 3.8) is 0 Å². The van der Waals surface area contributed by atoms with Gasteiger partial charge in [0.15, 0.2) is 11.3 Å². The second-order valence-corrected chi connectivity index (χ2v) is 3.98. The van der Waals surface area contributed by atoms with Gasteiger partial charge in [-0.3, -0.25) is 9.78 Å². The second-order valence-electron chi connectivity index (χ2n) is 3.18. The number of hydrogen-bond acceptors (Lipinski definition) is 5. The molecule has 1 fully saturated rings. The maximum Gasteiger partial charge on any atom is 0.347 e. The fourth-order valence-corrected chi connectivity index (χ4v) is 1.88.